The molecule has 1 aliphatic carbocycles. The maximum atomic E-state index is 12.6. The van der Waals surface area contributed by atoms with Gasteiger partial charge in [0, 0.05) is 12.1 Å². The van der Waals surface area contributed by atoms with Crippen molar-refractivity contribution in [2.75, 3.05) is 6.54 Å². The van der Waals surface area contributed by atoms with Crippen molar-refractivity contribution in [3.8, 4) is 0 Å². The van der Waals surface area contributed by atoms with Gasteiger partial charge in [0.05, 0.1) is 6.54 Å². The first-order chi connectivity index (χ1) is 9.09. The predicted molar refractivity (Wildman–Crippen MR) is 72.4 cm³/mol. The van der Waals surface area contributed by atoms with Crippen LogP contribution in [0.2, 0.25) is 0 Å². The van der Waals surface area contributed by atoms with Crippen molar-refractivity contribution in [2.24, 2.45) is 0 Å². The van der Waals surface area contributed by atoms with E-state index in [1.807, 2.05) is 0 Å². The summed E-state index contributed by atoms with van der Waals surface area (Å²) in [6.45, 7) is -0.0542. The molecule has 2 aliphatic rings. The summed E-state index contributed by atoms with van der Waals surface area (Å²) in [7, 11) is -3.53. The van der Waals surface area contributed by atoms with Crippen LogP contribution in [-0.4, -0.2) is 37.3 Å². The van der Waals surface area contributed by atoms with Crippen LogP contribution in [0.15, 0.2) is 21.7 Å². The lowest BCUT2D eigenvalue weighted by molar-refractivity contribution is -0.125. The first kappa shape index (κ1) is 13.1. The number of thiophene rings is 1. The summed E-state index contributed by atoms with van der Waals surface area (Å²) in [6, 6.07) is 3.22. The lowest BCUT2D eigenvalue weighted by Gasteiger charge is -2.42. The van der Waals surface area contributed by atoms with Crippen LogP contribution in [0.4, 0.5) is 0 Å². The number of carbonyl (C=O) groups is 1. The second-order valence-corrected chi connectivity index (χ2v) is 8.07. The molecule has 104 valence electrons. The number of hydrogen-bond acceptors (Lipinski definition) is 4. The highest BCUT2D eigenvalue weighted by molar-refractivity contribution is 7.91. The van der Waals surface area contributed by atoms with E-state index in [9.17, 15) is 13.2 Å². The van der Waals surface area contributed by atoms with Crippen molar-refractivity contribution in [1.82, 2.24) is 9.62 Å². The van der Waals surface area contributed by atoms with Crippen LogP contribution in [0.3, 0.4) is 0 Å². The van der Waals surface area contributed by atoms with Crippen molar-refractivity contribution in [3.05, 3.63) is 17.5 Å². The Labute approximate surface area is 116 Å². The minimum atomic E-state index is -3.53. The quantitative estimate of drug-likeness (QED) is 0.892. The number of amides is 1. The molecule has 0 spiro atoms. The molecule has 0 aromatic carbocycles. The summed E-state index contributed by atoms with van der Waals surface area (Å²) in [5.41, 5.74) is 0. The van der Waals surface area contributed by atoms with E-state index in [4.69, 9.17) is 0 Å². The average molecular weight is 300 g/mol. The molecule has 1 aromatic rings. The molecule has 5 nitrogen and oxygen atoms in total. The van der Waals surface area contributed by atoms with Gasteiger partial charge in [0.15, 0.2) is 0 Å². The van der Waals surface area contributed by atoms with Crippen molar-refractivity contribution in [3.63, 3.8) is 0 Å². The van der Waals surface area contributed by atoms with Gasteiger partial charge in [0.1, 0.15) is 4.21 Å². The van der Waals surface area contributed by atoms with Crippen LogP contribution < -0.4 is 5.32 Å². The molecule has 0 bridgehead atoms. The zero-order valence-corrected chi connectivity index (χ0v) is 12.0. The minimum Gasteiger partial charge on any atom is -0.351 e. The fourth-order valence-corrected chi connectivity index (χ4v) is 5.69. The monoisotopic (exact) mass is 300 g/mol. The van der Waals surface area contributed by atoms with Gasteiger partial charge < -0.3 is 5.32 Å². The van der Waals surface area contributed by atoms with Crippen molar-refractivity contribution < 1.29 is 13.2 Å². The third-order valence-corrected chi connectivity index (χ3v) is 7.05. The Morgan fingerprint density at radius 2 is 2.11 bits per heavy atom. The first-order valence-corrected chi connectivity index (χ1v) is 8.76. The molecule has 1 aromatic heterocycles. The Morgan fingerprint density at radius 1 is 1.32 bits per heavy atom. The van der Waals surface area contributed by atoms with Crippen LogP contribution in [0, 0.1) is 0 Å². The van der Waals surface area contributed by atoms with E-state index in [-0.39, 0.29) is 24.5 Å². The van der Waals surface area contributed by atoms with Crippen LogP contribution in [-0.2, 0) is 14.8 Å². The normalized spacial score (nSPS) is 28.7. The van der Waals surface area contributed by atoms with Gasteiger partial charge in [-0.3, -0.25) is 4.79 Å². The Bertz CT molecular complexity index is 568. The molecule has 2 atom stereocenters. The van der Waals surface area contributed by atoms with Gasteiger partial charge in [0.25, 0.3) is 10.0 Å². The Balaban J connectivity index is 1.95. The average Bonchev–Trinajstić information content (AvgIpc) is 2.92. The van der Waals surface area contributed by atoms with Crippen molar-refractivity contribution in [2.45, 2.75) is 42.0 Å². The largest absolute Gasteiger partial charge is 0.351 e. The molecular formula is C12H16N2O3S2. The summed E-state index contributed by atoms with van der Waals surface area (Å²) in [4.78, 5) is 11.7. The van der Waals surface area contributed by atoms with E-state index in [1.54, 1.807) is 17.5 Å². The highest BCUT2D eigenvalue weighted by Gasteiger charge is 2.42. The second kappa shape index (κ2) is 4.88. The molecule has 2 heterocycles. The molecule has 7 heteroatoms. The van der Waals surface area contributed by atoms with E-state index in [0.717, 1.165) is 25.7 Å². The van der Waals surface area contributed by atoms with E-state index >= 15 is 0 Å². The van der Waals surface area contributed by atoms with Gasteiger partial charge in [-0.05, 0) is 24.3 Å². The number of piperazine rings is 1. The summed E-state index contributed by atoms with van der Waals surface area (Å²) < 4.78 is 26.9. The van der Waals surface area contributed by atoms with Crippen molar-refractivity contribution >= 4 is 27.3 Å². The van der Waals surface area contributed by atoms with Gasteiger partial charge in [-0.15, -0.1) is 11.3 Å². The number of fused-ring (bicyclic) bond motifs is 1. The molecule has 1 saturated heterocycles. The van der Waals surface area contributed by atoms with Crippen LogP contribution >= 0.6 is 11.3 Å². The number of rotatable bonds is 2. The third-order valence-electron chi connectivity index (χ3n) is 3.80. The van der Waals surface area contributed by atoms with E-state index in [0.29, 0.717) is 4.21 Å². The fourth-order valence-electron chi connectivity index (χ4n) is 2.92. The summed E-state index contributed by atoms with van der Waals surface area (Å²) in [5.74, 6) is -0.191. The topological polar surface area (TPSA) is 66.5 Å². The zero-order valence-electron chi connectivity index (χ0n) is 10.4. The summed E-state index contributed by atoms with van der Waals surface area (Å²) in [5, 5.41) is 4.67. The van der Waals surface area contributed by atoms with E-state index in [2.05, 4.69) is 5.32 Å². The third kappa shape index (κ3) is 2.30. The highest BCUT2D eigenvalue weighted by Crippen LogP contribution is 2.31. The molecule has 19 heavy (non-hydrogen) atoms. The Hall–Kier alpha value is -0.920. The lowest BCUT2D eigenvalue weighted by atomic mass is 9.89. The lowest BCUT2D eigenvalue weighted by Crippen LogP contribution is -2.62. The molecule has 3 rings (SSSR count). The Morgan fingerprint density at radius 3 is 2.84 bits per heavy atom. The number of nitrogens with zero attached hydrogens (tertiary/aromatic N) is 1. The Kier molecular flexibility index (Phi) is 3.36. The maximum Gasteiger partial charge on any atom is 0.253 e. The molecule has 1 saturated carbocycles. The fraction of sp³-hybridized carbons (Fsp3) is 0.583. The summed E-state index contributed by atoms with van der Waals surface area (Å²) >= 11 is 1.20. The van der Waals surface area contributed by atoms with Gasteiger partial charge in [-0.25, -0.2) is 8.42 Å². The predicted octanol–water partition coefficient (Wildman–Crippen LogP) is 1.18. The van der Waals surface area contributed by atoms with E-state index in [1.165, 1.54) is 15.6 Å². The van der Waals surface area contributed by atoms with Crippen LogP contribution in [0.5, 0.6) is 0 Å². The smallest absolute Gasteiger partial charge is 0.253 e. The number of sulfonamides is 1. The maximum absolute atomic E-state index is 12.6. The standard InChI is InChI=1S/C12H16N2O3S2/c15-11-8-14(10-5-2-1-4-9(10)13-11)19(16,17)12-6-3-7-18-12/h3,6-7,9-10H,1-2,4-5,8H2,(H,13,15)/t9-,10+/m1/s1. The van der Waals surface area contributed by atoms with Gasteiger partial charge in [0.2, 0.25) is 5.91 Å². The summed E-state index contributed by atoms with van der Waals surface area (Å²) in [6.07, 6.45) is 3.77. The molecule has 1 amide bonds. The molecule has 0 unspecified atom stereocenters. The molecular weight excluding hydrogens is 284 g/mol. The highest BCUT2D eigenvalue weighted by atomic mass is 32.2. The minimum absolute atomic E-state index is 0.0234. The molecule has 2 fully saturated rings. The van der Waals surface area contributed by atoms with Gasteiger partial charge in [-0.2, -0.15) is 4.31 Å². The van der Waals surface area contributed by atoms with Crippen LogP contribution in [0.1, 0.15) is 25.7 Å². The first-order valence-electron chi connectivity index (χ1n) is 6.44. The molecule has 1 N–H and O–H groups in total. The second-order valence-electron chi connectivity index (χ2n) is 5.01. The SMILES string of the molecule is O=C1CN(S(=O)(=O)c2cccs2)[C@H]2CCCC[C@H]2N1. The van der Waals surface area contributed by atoms with E-state index < -0.39 is 10.0 Å². The number of nitrogens with one attached hydrogen (secondary N) is 1. The number of carbonyl (C=O) groups excluding carboxylic acids is 1. The number of hydrogen-bond donors (Lipinski definition) is 1. The van der Waals surface area contributed by atoms with Gasteiger partial charge in [-0.1, -0.05) is 18.9 Å². The molecule has 0 radical (unpaired) electrons. The van der Waals surface area contributed by atoms with Gasteiger partial charge >= 0.3 is 0 Å². The van der Waals surface area contributed by atoms with Crippen LogP contribution in [0.25, 0.3) is 0 Å². The zero-order chi connectivity index (χ0) is 13.5. The van der Waals surface area contributed by atoms with Crippen molar-refractivity contribution in [1.29, 1.82) is 0 Å². The molecule has 1 aliphatic heterocycles.